The highest BCUT2D eigenvalue weighted by molar-refractivity contribution is 9.10. The topological polar surface area (TPSA) is 75.4 Å². The van der Waals surface area contributed by atoms with Gasteiger partial charge in [0.1, 0.15) is 17.6 Å². The van der Waals surface area contributed by atoms with Gasteiger partial charge in [-0.05, 0) is 38.0 Å². The van der Waals surface area contributed by atoms with Gasteiger partial charge in [0.15, 0.2) is 0 Å². The van der Waals surface area contributed by atoms with Gasteiger partial charge in [-0.15, -0.1) is 0 Å². The Balaban J connectivity index is 1.67. The minimum atomic E-state index is -0.612. The highest BCUT2D eigenvalue weighted by Crippen LogP contribution is 2.23. The number of hydrogen-bond acceptors (Lipinski definition) is 4. The van der Waals surface area contributed by atoms with Crippen molar-refractivity contribution >= 4 is 33.4 Å². The predicted molar refractivity (Wildman–Crippen MR) is 92.4 cm³/mol. The molecule has 0 saturated carbocycles. The highest BCUT2D eigenvalue weighted by Gasteiger charge is 2.34. The second-order valence-electron chi connectivity index (χ2n) is 5.97. The molecule has 1 N–H and O–H groups in total. The van der Waals surface area contributed by atoms with Crippen molar-refractivity contribution in [3.8, 4) is 0 Å². The summed E-state index contributed by atoms with van der Waals surface area (Å²) in [5.74, 6) is -0.658. The molecule has 6 nitrogen and oxygen atoms in total. The molecular formula is C17H17BrFN3O3. The maximum Gasteiger partial charge on any atom is 0.247 e. The Hall–Kier alpha value is -2.22. The maximum atomic E-state index is 13.9. The van der Waals surface area contributed by atoms with Crippen LogP contribution in [0.2, 0.25) is 0 Å². The molecule has 8 heteroatoms. The van der Waals surface area contributed by atoms with E-state index in [4.69, 9.17) is 4.52 Å². The van der Waals surface area contributed by atoms with E-state index in [1.54, 1.807) is 19.1 Å². The fourth-order valence-electron chi connectivity index (χ4n) is 2.89. The fraction of sp³-hybridized carbons (Fsp3) is 0.353. The second-order valence-corrected chi connectivity index (χ2v) is 6.89. The summed E-state index contributed by atoms with van der Waals surface area (Å²) < 4.78 is 19.5. The van der Waals surface area contributed by atoms with Crippen LogP contribution in [0.4, 0.5) is 10.1 Å². The number of carbonyl (C=O) groups is 2. The molecule has 132 valence electrons. The zero-order chi connectivity index (χ0) is 18.0. The van der Waals surface area contributed by atoms with Crippen LogP contribution in [0.5, 0.6) is 0 Å². The van der Waals surface area contributed by atoms with E-state index in [2.05, 4.69) is 26.4 Å². The number of hydrogen-bond donors (Lipinski definition) is 1. The molecule has 2 aromatic rings. The molecule has 25 heavy (non-hydrogen) atoms. The summed E-state index contributed by atoms with van der Waals surface area (Å²) >= 11 is 3.17. The quantitative estimate of drug-likeness (QED) is 0.841. The Morgan fingerprint density at radius 2 is 2.24 bits per heavy atom. The normalized spacial score (nSPS) is 16.9. The van der Waals surface area contributed by atoms with Crippen LogP contribution < -0.4 is 5.32 Å². The number of rotatable bonds is 4. The van der Waals surface area contributed by atoms with E-state index in [0.717, 1.165) is 6.42 Å². The zero-order valence-electron chi connectivity index (χ0n) is 13.6. The van der Waals surface area contributed by atoms with Crippen molar-refractivity contribution in [1.29, 1.82) is 0 Å². The molecule has 1 atom stereocenters. The molecule has 1 aliphatic rings. The van der Waals surface area contributed by atoms with E-state index >= 15 is 0 Å². The van der Waals surface area contributed by atoms with Crippen LogP contribution in [0.25, 0.3) is 0 Å². The number of aryl methyl sites for hydroxylation is 1. The summed E-state index contributed by atoms with van der Waals surface area (Å²) in [6.45, 7) is 2.27. The lowest BCUT2D eigenvalue weighted by Gasteiger charge is -2.23. The summed E-state index contributed by atoms with van der Waals surface area (Å²) in [6, 6.07) is 5.48. The number of amides is 2. The number of aromatic nitrogens is 1. The molecule has 2 heterocycles. The van der Waals surface area contributed by atoms with Crippen molar-refractivity contribution in [3.63, 3.8) is 0 Å². The third-order valence-electron chi connectivity index (χ3n) is 4.07. The van der Waals surface area contributed by atoms with Gasteiger partial charge in [-0.2, -0.15) is 0 Å². The first-order valence-electron chi connectivity index (χ1n) is 7.91. The number of benzene rings is 1. The Morgan fingerprint density at radius 3 is 2.92 bits per heavy atom. The van der Waals surface area contributed by atoms with Gasteiger partial charge in [0, 0.05) is 17.1 Å². The van der Waals surface area contributed by atoms with Crippen molar-refractivity contribution in [2.45, 2.75) is 32.2 Å². The number of nitrogens with zero attached hydrogens (tertiary/aromatic N) is 2. The van der Waals surface area contributed by atoms with Crippen molar-refractivity contribution in [2.75, 3.05) is 11.9 Å². The van der Waals surface area contributed by atoms with Gasteiger partial charge in [-0.3, -0.25) is 9.59 Å². The van der Waals surface area contributed by atoms with E-state index < -0.39 is 11.9 Å². The first-order valence-corrected chi connectivity index (χ1v) is 8.71. The lowest BCUT2D eigenvalue weighted by atomic mass is 10.2. The van der Waals surface area contributed by atoms with Crippen molar-refractivity contribution in [3.05, 3.63) is 46.0 Å². The smallest absolute Gasteiger partial charge is 0.247 e. The summed E-state index contributed by atoms with van der Waals surface area (Å²) in [5.41, 5.74) is 0.794. The average molecular weight is 410 g/mol. The first kappa shape index (κ1) is 17.6. The van der Waals surface area contributed by atoms with Gasteiger partial charge in [0.2, 0.25) is 11.8 Å². The third kappa shape index (κ3) is 4.07. The standard InChI is InChI=1S/C17H17BrFN3O3/c1-10-7-12(25-21-10)9-16(23)22-6-2-3-15(22)17(24)20-14-5-4-11(18)8-13(14)19/h4-5,7-8,15H,2-3,6,9H2,1H3,(H,20,24). The number of likely N-dealkylation sites (tertiary alicyclic amines) is 1. The summed E-state index contributed by atoms with van der Waals surface area (Å²) in [5, 5.41) is 6.32. The molecule has 3 rings (SSSR count). The molecule has 1 unspecified atom stereocenters. The summed E-state index contributed by atoms with van der Waals surface area (Å²) in [7, 11) is 0. The van der Waals surface area contributed by atoms with Gasteiger partial charge in [0.05, 0.1) is 17.8 Å². The van der Waals surface area contributed by atoms with E-state index in [-0.39, 0.29) is 23.9 Å². The second kappa shape index (κ2) is 7.35. The molecule has 2 amide bonds. The monoisotopic (exact) mass is 409 g/mol. The van der Waals surface area contributed by atoms with Crippen LogP contribution in [0.15, 0.2) is 33.3 Å². The molecule has 1 saturated heterocycles. The number of carbonyl (C=O) groups excluding carboxylic acids is 2. The molecule has 0 spiro atoms. The summed E-state index contributed by atoms with van der Waals surface area (Å²) in [4.78, 5) is 26.5. The molecule has 1 aliphatic heterocycles. The van der Waals surface area contributed by atoms with Gasteiger partial charge >= 0.3 is 0 Å². The van der Waals surface area contributed by atoms with Crippen LogP contribution in [0, 0.1) is 12.7 Å². The molecule has 0 bridgehead atoms. The fourth-order valence-corrected chi connectivity index (χ4v) is 3.23. The molecule has 0 radical (unpaired) electrons. The Labute approximate surface area is 152 Å². The number of nitrogens with one attached hydrogen (secondary N) is 1. The highest BCUT2D eigenvalue weighted by atomic mass is 79.9. The van der Waals surface area contributed by atoms with E-state index in [1.165, 1.54) is 17.0 Å². The van der Waals surface area contributed by atoms with E-state index in [0.29, 0.717) is 28.9 Å². The largest absolute Gasteiger partial charge is 0.361 e. The van der Waals surface area contributed by atoms with Crippen LogP contribution >= 0.6 is 15.9 Å². The molecule has 0 aliphatic carbocycles. The molecular weight excluding hydrogens is 393 g/mol. The van der Waals surface area contributed by atoms with Crippen molar-refractivity contribution in [2.24, 2.45) is 0 Å². The zero-order valence-corrected chi connectivity index (χ0v) is 15.2. The minimum Gasteiger partial charge on any atom is -0.361 e. The van der Waals surface area contributed by atoms with Gasteiger partial charge in [-0.1, -0.05) is 21.1 Å². The third-order valence-corrected chi connectivity index (χ3v) is 4.56. The SMILES string of the molecule is Cc1cc(CC(=O)N2CCCC2C(=O)Nc2ccc(Br)cc2F)on1. The Morgan fingerprint density at radius 1 is 1.44 bits per heavy atom. The van der Waals surface area contributed by atoms with Gasteiger partial charge < -0.3 is 14.7 Å². The number of halogens is 2. The summed E-state index contributed by atoms with van der Waals surface area (Å²) in [6.07, 6.45) is 1.32. The lowest BCUT2D eigenvalue weighted by Crippen LogP contribution is -2.43. The first-order chi connectivity index (χ1) is 11.9. The minimum absolute atomic E-state index is 0.0528. The van der Waals surface area contributed by atoms with Gasteiger partial charge in [0.25, 0.3) is 0 Å². The van der Waals surface area contributed by atoms with Crippen molar-refractivity contribution in [1.82, 2.24) is 10.1 Å². The van der Waals surface area contributed by atoms with Crippen LogP contribution in [-0.4, -0.2) is 34.5 Å². The van der Waals surface area contributed by atoms with Crippen molar-refractivity contribution < 1.29 is 18.5 Å². The Kier molecular flexibility index (Phi) is 5.17. The molecule has 1 fully saturated rings. The molecule has 1 aromatic heterocycles. The number of anilines is 1. The van der Waals surface area contributed by atoms with Gasteiger partial charge in [-0.25, -0.2) is 4.39 Å². The van der Waals surface area contributed by atoms with E-state index in [1.807, 2.05) is 0 Å². The van der Waals surface area contributed by atoms with Crippen LogP contribution in [0.1, 0.15) is 24.3 Å². The predicted octanol–water partition coefficient (Wildman–Crippen LogP) is 3.06. The van der Waals surface area contributed by atoms with Crippen LogP contribution in [0.3, 0.4) is 0 Å². The van der Waals surface area contributed by atoms with Crippen LogP contribution in [-0.2, 0) is 16.0 Å². The Bertz CT molecular complexity index is 808. The maximum absolute atomic E-state index is 13.9. The molecule has 1 aromatic carbocycles. The average Bonchev–Trinajstić information content (AvgIpc) is 3.19. The lowest BCUT2D eigenvalue weighted by molar-refractivity contribution is -0.136. The van der Waals surface area contributed by atoms with E-state index in [9.17, 15) is 14.0 Å².